The molecule has 0 bridgehead atoms. The SMILES string of the molecule is COc1cc2nn(C3CCC(C)CC3)cc2cc1NC(=O)c1cccc(C)n1. The number of aryl methyl sites for hydroxylation is 1. The normalized spacial score (nSPS) is 19.5. The fourth-order valence-electron chi connectivity index (χ4n) is 3.89. The Balaban J connectivity index is 1.62. The molecule has 4 rings (SSSR count). The molecule has 1 N–H and O–H groups in total. The molecule has 1 aromatic carbocycles. The lowest BCUT2D eigenvalue weighted by atomic mass is 9.87. The summed E-state index contributed by atoms with van der Waals surface area (Å²) in [4.78, 5) is 16.9. The maximum absolute atomic E-state index is 12.6. The summed E-state index contributed by atoms with van der Waals surface area (Å²) in [6.07, 6.45) is 6.89. The molecule has 3 aromatic rings. The summed E-state index contributed by atoms with van der Waals surface area (Å²) < 4.78 is 7.59. The number of anilines is 1. The van der Waals surface area contributed by atoms with Crippen LogP contribution in [0.4, 0.5) is 5.69 Å². The quantitative estimate of drug-likeness (QED) is 0.711. The third-order valence-electron chi connectivity index (χ3n) is 5.57. The van der Waals surface area contributed by atoms with Crippen LogP contribution >= 0.6 is 0 Å². The Morgan fingerprint density at radius 3 is 2.71 bits per heavy atom. The summed E-state index contributed by atoms with van der Waals surface area (Å²) in [6.45, 7) is 4.18. The maximum atomic E-state index is 12.6. The minimum absolute atomic E-state index is 0.255. The second-order valence-corrected chi connectivity index (χ2v) is 7.75. The number of amides is 1. The van der Waals surface area contributed by atoms with E-state index in [1.54, 1.807) is 13.2 Å². The van der Waals surface area contributed by atoms with E-state index in [1.807, 2.05) is 31.2 Å². The van der Waals surface area contributed by atoms with E-state index in [9.17, 15) is 4.79 Å². The van der Waals surface area contributed by atoms with Gasteiger partial charge in [0.2, 0.25) is 0 Å². The van der Waals surface area contributed by atoms with Crippen molar-refractivity contribution in [1.82, 2.24) is 14.8 Å². The molecule has 1 amide bonds. The summed E-state index contributed by atoms with van der Waals surface area (Å²) in [5.74, 6) is 1.14. The molecule has 0 radical (unpaired) electrons. The Labute approximate surface area is 164 Å². The van der Waals surface area contributed by atoms with Gasteiger partial charge in [-0.2, -0.15) is 5.10 Å². The summed E-state index contributed by atoms with van der Waals surface area (Å²) in [7, 11) is 1.60. The number of benzene rings is 1. The van der Waals surface area contributed by atoms with Gasteiger partial charge in [-0.1, -0.05) is 13.0 Å². The van der Waals surface area contributed by atoms with E-state index >= 15 is 0 Å². The van der Waals surface area contributed by atoms with E-state index in [0.29, 0.717) is 23.2 Å². The monoisotopic (exact) mass is 378 g/mol. The number of aromatic nitrogens is 3. The lowest BCUT2D eigenvalue weighted by molar-refractivity contribution is 0.102. The fourth-order valence-corrected chi connectivity index (χ4v) is 3.89. The third kappa shape index (κ3) is 3.72. The Morgan fingerprint density at radius 2 is 2.00 bits per heavy atom. The molecule has 146 valence electrons. The molecule has 1 saturated carbocycles. The van der Waals surface area contributed by atoms with Crippen molar-refractivity contribution in [2.75, 3.05) is 12.4 Å². The van der Waals surface area contributed by atoms with Gasteiger partial charge in [-0.25, -0.2) is 4.98 Å². The van der Waals surface area contributed by atoms with Crippen LogP contribution < -0.4 is 10.1 Å². The zero-order valence-electron chi connectivity index (χ0n) is 16.6. The standard InChI is InChI=1S/C22H26N4O2/c1-14-7-9-17(10-8-14)26-13-16-11-20(21(28-3)12-19(16)25-26)24-22(27)18-6-4-5-15(2)23-18/h4-6,11-14,17H,7-10H2,1-3H3,(H,24,27). The van der Waals surface area contributed by atoms with E-state index in [2.05, 4.69) is 28.1 Å². The Hall–Kier alpha value is -2.89. The van der Waals surface area contributed by atoms with Crippen molar-refractivity contribution in [1.29, 1.82) is 0 Å². The molecule has 0 atom stereocenters. The zero-order chi connectivity index (χ0) is 19.7. The number of rotatable bonds is 4. The molecule has 1 fully saturated rings. The number of nitrogens with zero attached hydrogens (tertiary/aromatic N) is 3. The number of carbonyl (C=O) groups is 1. The fraction of sp³-hybridized carbons (Fsp3) is 0.409. The van der Waals surface area contributed by atoms with Crippen LogP contribution in [-0.4, -0.2) is 27.8 Å². The van der Waals surface area contributed by atoms with Gasteiger partial charge in [0.1, 0.15) is 11.4 Å². The van der Waals surface area contributed by atoms with Crippen molar-refractivity contribution in [3.63, 3.8) is 0 Å². The van der Waals surface area contributed by atoms with Crippen LogP contribution in [0.1, 0.15) is 54.8 Å². The van der Waals surface area contributed by atoms with Crippen LogP contribution in [0.25, 0.3) is 10.9 Å². The molecule has 0 unspecified atom stereocenters. The summed E-state index contributed by atoms with van der Waals surface area (Å²) >= 11 is 0. The number of pyridine rings is 1. The molecular weight excluding hydrogens is 352 g/mol. The predicted octanol–water partition coefficient (Wildman–Crippen LogP) is 4.75. The van der Waals surface area contributed by atoms with E-state index in [1.165, 1.54) is 12.8 Å². The zero-order valence-corrected chi connectivity index (χ0v) is 16.6. The average Bonchev–Trinajstić information content (AvgIpc) is 3.10. The van der Waals surface area contributed by atoms with Crippen molar-refractivity contribution in [3.8, 4) is 5.75 Å². The van der Waals surface area contributed by atoms with Crippen LogP contribution in [0, 0.1) is 12.8 Å². The van der Waals surface area contributed by atoms with Gasteiger partial charge in [0.05, 0.1) is 24.4 Å². The van der Waals surface area contributed by atoms with Gasteiger partial charge in [-0.3, -0.25) is 9.48 Å². The lowest BCUT2D eigenvalue weighted by Gasteiger charge is -2.26. The van der Waals surface area contributed by atoms with Crippen molar-refractivity contribution in [2.24, 2.45) is 5.92 Å². The van der Waals surface area contributed by atoms with Crippen LogP contribution in [0.5, 0.6) is 5.75 Å². The first-order valence-electron chi connectivity index (χ1n) is 9.85. The molecule has 2 heterocycles. The highest BCUT2D eigenvalue weighted by Crippen LogP contribution is 2.34. The first-order chi connectivity index (χ1) is 13.5. The van der Waals surface area contributed by atoms with Gasteiger partial charge < -0.3 is 10.1 Å². The van der Waals surface area contributed by atoms with E-state index in [-0.39, 0.29) is 5.91 Å². The number of carbonyl (C=O) groups excluding carboxylic acids is 1. The Bertz CT molecular complexity index is 1000. The molecule has 0 spiro atoms. The number of hydrogen-bond acceptors (Lipinski definition) is 4. The van der Waals surface area contributed by atoms with Crippen molar-refractivity contribution >= 4 is 22.5 Å². The minimum atomic E-state index is -0.255. The molecule has 2 aromatic heterocycles. The number of nitrogens with one attached hydrogen (secondary N) is 1. The molecule has 6 nitrogen and oxygen atoms in total. The summed E-state index contributed by atoms with van der Waals surface area (Å²) in [5.41, 5.74) is 2.69. The number of ether oxygens (including phenoxy) is 1. The third-order valence-corrected chi connectivity index (χ3v) is 5.57. The first kappa shape index (κ1) is 18.5. The topological polar surface area (TPSA) is 69.0 Å². The number of fused-ring (bicyclic) bond motifs is 1. The van der Waals surface area contributed by atoms with Crippen LogP contribution in [0.2, 0.25) is 0 Å². The highest BCUT2D eigenvalue weighted by Gasteiger charge is 2.21. The second-order valence-electron chi connectivity index (χ2n) is 7.75. The smallest absolute Gasteiger partial charge is 0.274 e. The number of hydrogen-bond donors (Lipinski definition) is 1. The van der Waals surface area contributed by atoms with Gasteiger partial charge in [-0.15, -0.1) is 0 Å². The van der Waals surface area contributed by atoms with E-state index in [0.717, 1.165) is 35.4 Å². The lowest BCUT2D eigenvalue weighted by Crippen LogP contribution is -2.16. The van der Waals surface area contributed by atoms with Crippen LogP contribution in [0.15, 0.2) is 36.5 Å². The Kier molecular flexibility index (Phi) is 5.03. The van der Waals surface area contributed by atoms with Crippen LogP contribution in [0.3, 0.4) is 0 Å². The molecule has 1 aliphatic carbocycles. The highest BCUT2D eigenvalue weighted by atomic mass is 16.5. The first-order valence-corrected chi connectivity index (χ1v) is 9.85. The molecule has 6 heteroatoms. The second kappa shape index (κ2) is 7.62. The van der Waals surface area contributed by atoms with Crippen molar-refractivity contribution in [2.45, 2.75) is 45.6 Å². The molecule has 1 aliphatic rings. The minimum Gasteiger partial charge on any atom is -0.494 e. The average molecular weight is 378 g/mol. The Morgan fingerprint density at radius 1 is 1.21 bits per heavy atom. The van der Waals surface area contributed by atoms with Crippen LogP contribution in [-0.2, 0) is 0 Å². The highest BCUT2D eigenvalue weighted by molar-refractivity contribution is 6.05. The van der Waals surface area contributed by atoms with E-state index in [4.69, 9.17) is 9.84 Å². The van der Waals surface area contributed by atoms with Crippen molar-refractivity contribution in [3.05, 3.63) is 47.9 Å². The van der Waals surface area contributed by atoms with Gasteiger partial charge in [0.15, 0.2) is 0 Å². The predicted molar refractivity (Wildman–Crippen MR) is 110 cm³/mol. The number of methoxy groups -OCH3 is 1. The maximum Gasteiger partial charge on any atom is 0.274 e. The largest absolute Gasteiger partial charge is 0.494 e. The van der Waals surface area contributed by atoms with Gasteiger partial charge in [0.25, 0.3) is 5.91 Å². The molecule has 28 heavy (non-hydrogen) atoms. The molecule has 0 aliphatic heterocycles. The van der Waals surface area contributed by atoms with Crippen molar-refractivity contribution < 1.29 is 9.53 Å². The van der Waals surface area contributed by atoms with Gasteiger partial charge in [0, 0.05) is 23.3 Å². The molecular formula is C22H26N4O2. The summed E-state index contributed by atoms with van der Waals surface area (Å²) in [6, 6.07) is 9.66. The van der Waals surface area contributed by atoms with Gasteiger partial charge in [-0.05, 0) is 56.7 Å². The summed E-state index contributed by atoms with van der Waals surface area (Å²) in [5, 5.41) is 8.69. The molecule has 0 saturated heterocycles. The van der Waals surface area contributed by atoms with Gasteiger partial charge >= 0.3 is 0 Å². The van der Waals surface area contributed by atoms with E-state index < -0.39 is 0 Å².